The van der Waals surface area contributed by atoms with Crippen molar-refractivity contribution < 1.29 is 0 Å². The molecule has 0 amide bonds. The van der Waals surface area contributed by atoms with E-state index in [4.69, 9.17) is 11.5 Å². The summed E-state index contributed by atoms with van der Waals surface area (Å²) < 4.78 is 0. The van der Waals surface area contributed by atoms with E-state index in [9.17, 15) is 0 Å². The highest BCUT2D eigenvalue weighted by Crippen LogP contribution is 2.10. The largest absolute Gasteiger partial charge is 0.370 e. The Labute approximate surface area is 124 Å². The van der Waals surface area contributed by atoms with E-state index in [0.29, 0.717) is 11.9 Å². The molecule has 0 spiro atoms. The van der Waals surface area contributed by atoms with E-state index in [-0.39, 0.29) is 0 Å². The average Bonchev–Trinajstić information content (AvgIpc) is 2.44. The molecular weight excluding hydrogens is 250 g/mol. The summed E-state index contributed by atoms with van der Waals surface area (Å²) in [7, 11) is 1.61. The fraction of sp³-hybridized carbons (Fsp3) is 0.867. The Kier molecular flexibility index (Phi) is 13.3. The number of nitrogens with two attached hydrogens (primary N) is 2. The fourth-order valence-corrected chi connectivity index (χ4v) is 2.03. The Bertz CT molecular complexity index is 273. The van der Waals surface area contributed by atoms with Gasteiger partial charge in [0.05, 0.1) is 0 Å². The van der Waals surface area contributed by atoms with Crippen LogP contribution in [0.25, 0.3) is 0 Å². The predicted molar refractivity (Wildman–Crippen MR) is 89.0 cm³/mol. The quantitative estimate of drug-likeness (QED) is 0.309. The van der Waals surface area contributed by atoms with Gasteiger partial charge in [-0.05, 0) is 6.42 Å². The molecule has 0 aliphatic rings. The second-order valence-electron chi connectivity index (χ2n) is 5.18. The highest BCUT2D eigenvalue weighted by molar-refractivity contribution is 5.96. The first kappa shape index (κ1) is 18.7. The highest BCUT2D eigenvalue weighted by Gasteiger charge is 1.94. The predicted octanol–water partition coefficient (Wildman–Crippen LogP) is 2.76. The highest BCUT2D eigenvalue weighted by atomic mass is 15.2. The van der Waals surface area contributed by atoms with Crippen LogP contribution in [0.5, 0.6) is 0 Å². The summed E-state index contributed by atoms with van der Waals surface area (Å²) in [6.45, 7) is 3.01. The van der Waals surface area contributed by atoms with Gasteiger partial charge in [-0.15, -0.1) is 0 Å². The summed E-state index contributed by atoms with van der Waals surface area (Å²) in [5, 5.41) is 2.72. The monoisotopic (exact) mass is 283 g/mol. The average molecular weight is 283 g/mol. The smallest absolute Gasteiger partial charge is 0.195 e. The lowest BCUT2D eigenvalue weighted by Crippen LogP contribution is -2.41. The second kappa shape index (κ2) is 14.2. The number of nitrogens with zero attached hydrogens (tertiary/aromatic N) is 2. The first-order valence-electron chi connectivity index (χ1n) is 8.00. The van der Waals surface area contributed by atoms with Gasteiger partial charge in [-0.2, -0.15) is 0 Å². The molecule has 0 radical (unpaired) electrons. The number of aliphatic imine (C=N–C) groups is 2. The maximum atomic E-state index is 5.65. The van der Waals surface area contributed by atoms with Gasteiger partial charge in [0.2, 0.25) is 0 Å². The molecule has 0 unspecified atom stereocenters. The number of rotatable bonds is 11. The van der Waals surface area contributed by atoms with Crippen molar-refractivity contribution >= 4 is 11.9 Å². The Morgan fingerprint density at radius 3 is 1.80 bits per heavy atom. The zero-order valence-corrected chi connectivity index (χ0v) is 13.3. The Morgan fingerprint density at radius 2 is 1.30 bits per heavy atom. The molecule has 0 saturated carbocycles. The molecule has 5 N–H and O–H groups in total. The first-order valence-corrected chi connectivity index (χ1v) is 8.00. The van der Waals surface area contributed by atoms with Crippen molar-refractivity contribution in [2.24, 2.45) is 21.5 Å². The zero-order chi connectivity index (χ0) is 15.1. The van der Waals surface area contributed by atoms with Gasteiger partial charge in [0.25, 0.3) is 0 Å². The maximum Gasteiger partial charge on any atom is 0.195 e. The van der Waals surface area contributed by atoms with Crippen LogP contribution in [-0.4, -0.2) is 25.5 Å². The van der Waals surface area contributed by atoms with Crippen molar-refractivity contribution in [1.29, 1.82) is 0 Å². The normalized spacial score (nSPS) is 12.7. The van der Waals surface area contributed by atoms with Crippen LogP contribution in [-0.2, 0) is 0 Å². The van der Waals surface area contributed by atoms with E-state index in [1.807, 2.05) is 0 Å². The van der Waals surface area contributed by atoms with Crippen LogP contribution in [0.15, 0.2) is 9.98 Å². The summed E-state index contributed by atoms with van der Waals surface area (Å²) in [5.74, 6) is 0.651. The summed E-state index contributed by atoms with van der Waals surface area (Å²) >= 11 is 0. The molecule has 20 heavy (non-hydrogen) atoms. The zero-order valence-electron chi connectivity index (χ0n) is 13.3. The molecule has 0 rings (SSSR count). The molecule has 0 heterocycles. The maximum absolute atomic E-state index is 5.65. The molecule has 0 fully saturated rings. The molecular formula is C15H33N5. The third kappa shape index (κ3) is 13.2. The Morgan fingerprint density at radius 1 is 0.800 bits per heavy atom. The number of unbranched alkanes of at least 4 members (excludes halogenated alkanes) is 9. The van der Waals surface area contributed by atoms with Gasteiger partial charge in [0.15, 0.2) is 11.9 Å². The van der Waals surface area contributed by atoms with Crippen molar-refractivity contribution in [3.63, 3.8) is 0 Å². The molecule has 0 aliphatic carbocycles. The number of guanidine groups is 2. The minimum Gasteiger partial charge on any atom is -0.370 e. The van der Waals surface area contributed by atoms with E-state index in [0.717, 1.165) is 13.0 Å². The van der Waals surface area contributed by atoms with Crippen LogP contribution in [0.2, 0.25) is 0 Å². The van der Waals surface area contributed by atoms with E-state index < -0.39 is 0 Å². The van der Waals surface area contributed by atoms with Crippen molar-refractivity contribution in [2.45, 2.75) is 71.1 Å². The SMILES string of the molecule is CCCCCCCCCCCCN=C(N)NC(N)=NC. The second-order valence-corrected chi connectivity index (χ2v) is 5.18. The third-order valence-electron chi connectivity index (χ3n) is 3.29. The van der Waals surface area contributed by atoms with Crippen molar-refractivity contribution in [2.75, 3.05) is 13.6 Å². The minimum absolute atomic E-state index is 0.300. The summed E-state index contributed by atoms with van der Waals surface area (Å²) in [6, 6.07) is 0. The lowest BCUT2D eigenvalue weighted by Gasteiger charge is -2.04. The van der Waals surface area contributed by atoms with Gasteiger partial charge in [-0.3, -0.25) is 15.3 Å². The van der Waals surface area contributed by atoms with E-state index in [1.54, 1.807) is 7.05 Å². The number of hydrogen-bond donors (Lipinski definition) is 3. The Hall–Kier alpha value is -1.26. The van der Waals surface area contributed by atoms with Crippen molar-refractivity contribution in [3.8, 4) is 0 Å². The van der Waals surface area contributed by atoms with Gasteiger partial charge in [-0.25, -0.2) is 0 Å². The van der Waals surface area contributed by atoms with E-state index in [1.165, 1.54) is 57.8 Å². The Balaban J connectivity index is 3.29. The molecule has 5 heteroatoms. The molecule has 0 atom stereocenters. The summed E-state index contributed by atoms with van der Waals surface area (Å²) in [6.07, 6.45) is 13.3. The topological polar surface area (TPSA) is 88.8 Å². The van der Waals surface area contributed by atoms with Crippen LogP contribution < -0.4 is 16.8 Å². The third-order valence-corrected chi connectivity index (χ3v) is 3.29. The summed E-state index contributed by atoms with van der Waals surface area (Å²) in [4.78, 5) is 7.96. The van der Waals surface area contributed by atoms with E-state index in [2.05, 4.69) is 22.2 Å². The van der Waals surface area contributed by atoms with Gasteiger partial charge in [0, 0.05) is 13.6 Å². The molecule has 0 saturated heterocycles. The molecule has 0 aromatic carbocycles. The van der Waals surface area contributed by atoms with Crippen LogP contribution in [0, 0.1) is 0 Å². The summed E-state index contributed by atoms with van der Waals surface area (Å²) in [5.41, 5.74) is 11.1. The molecule has 0 aromatic rings. The van der Waals surface area contributed by atoms with E-state index >= 15 is 0 Å². The molecule has 0 bridgehead atoms. The molecule has 5 nitrogen and oxygen atoms in total. The molecule has 0 aliphatic heterocycles. The van der Waals surface area contributed by atoms with Gasteiger partial charge < -0.3 is 11.5 Å². The lowest BCUT2D eigenvalue weighted by molar-refractivity contribution is 0.558. The van der Waals surface area contributed by atoms with Gasteiger partial charge >= 0.3 is 0 Å². The lowest BCUT2D eigenvalue weighted by atomic mass is 10.1. The minimum atomic E-state index is 0.300. The molecule has 0 aromatic heterocycles. The van der Waals surface area contributed by atoms with Crippen molar-refractivity contribution in [1.82, 2.24) is 5.32 Å². The van der Waals surface area contributed by atoms with Crippen LogP contribution in [0.3, 0.4) is 0 Å². The molecule has 118 valence electrons. The van der Waals surface area contributed by atoms with Crippen molar-refractivity contribution in [3.05, 3.63) is 0 Å². The first-order chi connectivity index (χ1) is 9.70. The van der Waals surface area contributed by atoms with Gasteiger partial charge in [0.1, 0.15) is 0 Å². The fourth-order valence-electron chi connectivity index (χ4n) is 2.03. The van der Waals surface area contributed by atoms with Crippen LogP contribution in [0.1, 0.15) is 71.1 Å². The van der Waals surface area contributed by atoms with Crippen LogP contribution in [0.4, 0.5) is 0 Å². The standard InChI is InChI=1S/C15H33N5/c1-3-4-5-6-7-8-9-10-11-12-13-19-15(17)20-14(16)18-2/h3-13H2,1-2H3,(H5,16,17,18,19,20). The van der Waals surface area contributed by atoms with Crippen LogP contribution >= 0.6 is 0 Å². The number of hydrogen-bond acceptors (Lipinski definition) is 2. The number of nitrogens with one attached hydrogen (secondary N) is 1. The van der Waals surface area contributed by atoms with Gasteiger partial charge in [-0.1, -0.05) is 64.7 Å².